The Kier molecular flexibility index (Phi) is 5.84. The van der Waals surface area contributed by atoms with Crippen molar-refractivity contribution in [3.05, 3.63) is 24.2 Å². The molecule has 1 aliphatic heterocycles. The van der Waals surface area contributed by atoms with Crippen LogP contribution in [0.25, 0.3) is 0 Å². The second kappa shape index (κ2) is 7.42. The van der Waals surface area contributed by atoms with Crippen LogP contribution in [0.4, 0.5) is 0 Å². The van der Waals surface area contributed by atoms with Crippen LogP contribution in [0.5, 0.6) is 0 Å². The molecular weight excluding hydrogens is 288 g/mol. The SMILES string of the molecule is CCCS(=O)(=O)N1CCC(NC(C)Cc2ccco2)CC1. The summed E-state index contributed by atoms with van der Waals surface area (Å²) in [6.07, 6.45) is 5.00. The maximum absolute atomic E-state index is 12.0. The summed E-state index contributed by atoms with van der Waals surface area (Å²) in [6.45, 7) is 5.31. The van der Waals surface area contributed by atoms with Gasteiger partial charge in [-0.3, -0.25) is 0 Å². The molecule has 1 atom stereocenters. The number of nitrogens with zero attached hydrogens (tertiary/aromatic N) is 1. The minimum absolute atomic E-state index is 0.264. The molecule has 0 amide bonds. The smallest absolute Gasteiger partial charge is 0.214 e. The zero-order chi connectivity index (χ0) is 15.3. The highest BCUT2D eigenvalue weighted by molar-refractivity contribution is 7.89. The van der Waals surface area contributed by atoms with Crippen LogP contribution in [0.15, 0.2) is 22.8 Å². The molecule has 120 valence electrons. The van der Waals surface area contributed by atoms with Crippen molar-refractivity contribution in [2.75, 3.05) is 18.8 Å². The van der Waals surface area contributed by atoms with E-state index in [4.69, 9.17) is 4.42 Å². The Balaban J connectivity index is 1.76. The van der Waals surface area contributed by atoms with Gasteiger partial charge in [-0.25, -0.2) is 12.7 Å². The minimum atomic E-state index is -3.04. The number of furan rings is 1. The molecule has 21 heavy (non-hydrogen) atoms. The molecule has 0 saturated carbocycles. The number of hydrogen-bond donors (Lipinski definition) is 1. The molecule has 1 aromatic heterocycles. The van der Waals surface area contributed by atoms with Crippen LogP contribution in [-0.2, 0) is 16.4 Å². The Labute approximate surface area is 127 Å². The van der Waals surface area contributed by atoms with Crippen molar-refractivity contribution >= 4 is 10.0 Å². The van der Waals surface area contributed by atoms with Crippen LogP contribution in [0, 0.1) is 0 Å². The summed E-state index contributed by atoms with van der Waals surface area (Å²) >= 11 is 0. The molecule has 1 fully saturated rings. The Morgan fingerprint density at radius 2 is 2.14 bits per heavy atom. The lowest BCUT2D eigenvalue weighted by molar-refractivity contribution is 0.273. The van der Waals surface area contributed by atoms with Gasteiger partial charge >= 0.3 is 0 Å². The van der Waals surface area contributed by atoms with E-state index in [1.54, 1.807) is 10.6 Å². The largest absolute Gasteiger partial charge is 0.469 e. The van der Waals surface area contributed by atoms with Gasteiger partial charge in [0, 0.05) is 31.6 Å². The molecule has 5 nitrogen and oxygen atoms in total. The molecule has 0 aliphatic carbocycles. The lowest BCUT2D eigenvalue weighted by atomic mass is 10.0. The normalized spacial score (nSPS) is 19.7. The van der Waals surface area contributed by atoms with Crippen LogP contribution < -0.4 is 5.32 Å². The maximum atomic E-state index is 12.0. The highest BCUT2D eigenvalue weighted by atomic mass is 32.2. The van der Waals surface area contributed by atoms with E-state index in [0.717, 1.165) is 25.0 Å². The van der Waals surface area contributed by atoms with Gasteiger partial charge in [0.15, 0.2) is 0 Å². The topological polar surface area (TPSA) is 62.6 Å². The zero-order valence-electron chi connectivity index (χ0n) is 12.9. The first-order chi connectivity index (χ1) is 10.0. The monoisotopic (exact) mass is 314 g/mol. The molecule has 1 unspecified atom stereocenters. The minimum Gasteiger partial charge on any atom is -0.469 e. The summed E-state index contributed by atoms with van der Waals surface area (Å²) in [4.78, 5) is 0. The first-order valence-electron chi connectivity index (χ1n) is 7.77. The standard InChI is InChI=1S/C15H26N2O3S/c1-3-11-21(18,19)17-8-6-14(7-9-17)16-13(2)12-15-5-4-10-20-15/h4-5,10,13-14,16H,3,6-9,11-12H2,1-2H3. The average Bonchev–Trinajstić information content (AvgIpc) is 2.92. The number of nitrogens with one attached hydrogen (secondary N) is 1. The number of rotatable bonds is 7. The third-order valence-electron chi connectivity index (χ3n) is 3.92. The van der Waals surface area contributed by atoms with Gasteiger partial charge in [-0.05, 0) is 38.3 Å². The third kappa shape index (κ3) is 4.83. The fraction of sp³-hybridized carbons (Fsp3) is 0.733. The van der Waals surface area contributed by atoms with Crippen molar-refractivity contribution < 1.29 is 12.8 Å². The molecule has 1 saturated heterocycles. The summed E-state index contributed by atoms with van der Waals surface area (Å²) in [5, 5.41) is 3.58. The highest BCUT2D eigenvalue weighted by Crippen LogP contribution is 2.16. The number of piperidine rings is 1. The van der Waals surface area contributed by atoms with Gasteiger partial charge < -0.3 is 9.73 Å². The fourth-order valence-corrected chi connectivity index (χ4v) is 4.42. The van der Waals surface area contributed by atoms with Gasteiger partial charge in [-0.1, -0.05) is 6.92 Å². The summed E-state index contributed by atoms with van der Waals surface area (Å²) in [5.41, 5.74) is 0. The summed E-state index contributed by atoms with van der Waals surface area (Å²) in [5.74, 6) is 1.25. The van der Waals surface area contributed by atoms with E-state index in [1.165, 1.54) is 0 Å². The van der Waals surface area contributed by atoms with E-state index in [1.807, 2.05) is 19.1 Å². The Morgan fingerprint density at radius 1 is 1.43 bits per heavy atom. The van der Waals surface area contributed by atoms with Gasteiger partial charge in [0.2, 0.25) is 10.0 Å². The molecule has 0 radical (unpaired) electrons. The Bertz CT molecular complexity index is 505. The summed E-state index contributed by atoms with van der Waals surface area (Å²) < 4.78 is 31.0. The molecule has 0 bridgehead atoms. The van der Waals surface area contributed by atoms with Gasteiger partial charge in [-0.2, -0.15) is 0 Å². The zero-order valence-corrected chi connectivity index (χ0v) is 13.7. The second-order valence-electron chi connectivity index (χ2n) is 5.84. The predicted molar refractivity (Wildman–Crippen MR) is 83.7 cm³/mol. The van der Waals surface area contributed by atoms with E-state index < -0.39 is 10.0 Å². The lowest BCUT2D eigenvalue weighted by Gasteiger charge is -2.33. The molecule has 1 aliphatic rings. The van der Waals surface area contributed by atoms with Gasteiger partial charge in [0.25, 0.3) is 0 Å². The fourth-order valence-electron chi connectivity index (χ4n) is 2.88. The summed E-state index contributed by atoms with van der Waals surface area (Å²) in [6, 6.07) is 4.61. The van der Waals surface area contributed by atoms with Crippen molar-refractivity contribution in [1.82, 2.24) is 9.62 Å². The van der Waals surface area contributed by atoms with E-state index in [-0.39, 0.29) is 5.75 Å². The summed E-state index contributed by atoms with van der Waals surface area (Å²) in [7, 11) is -3.04. The molecule has 2 rings (SSSR count). The Hall–Kier alpha value is -0.850. The van der Waals surface area contributed by atoms with Gasteiger partial charge in [-0.15, -0.1) is 0 Å². The Morgan fingerprint density at radius 3 is 2.71 bits per heavy atom. The number of hydrogen-bond acceptors (Lipinski definition) is 4. The first kappa shape index (κ1) is 16.5. The van der Waals surface area contributed by atoms with Crippen LogP contribution in [0.1, 0.15) is 38.9 Å². The lowest BCUT2D eigenvalue weighted by Crippen LogP contribution is -2.48. The van der Waals surface area contributed by atoms with Crippen molar-refractivity contribution in [3.63, 3.8) is 0 Å². The van der Waals surface area contributed by atoms with Crippen molar-refractivity contribution in [2.24, 2.45) is 0 Å². The van der Waals surface area contributed by atoms with Crippen molar-refractivity contribution in [3.8, 4) is 0 Å². The van der Waals surface area contributed by atoms with Crippen molar-refractivity contribution in [1.29, 1.82) is 0 Å². The van der Waals surface area contributed by atoms with Crippen LogP contribution in [0.2, 0.25) is 0 Å². The molecular formula is C15H26N2O3S. The van der Waals surface area contributed by atoms with Gasteiger partial charge in [0.1, 0.15) is 5.76 Å². The van der Waals surface area contributed by atoms with Crippen LogP contribution in [-0.4, -0.2) is 43.6 Å². The number of sulfonamides is 1. The molecule has 1 N–H and O–H groups in total. The predicted octanol–water partition coefficient (Wildman–Crippen LogP) is 2.00. The maximum Gasteiger partial charge on any atom is 0.214 e. The van der Waals surface area contributed by atoms with E-state index in [9.17, 15) is 8.42 Å². The average molecular weight is 314 g/mol. The molecule has 2 heterocycles. The van der Waals surface area contributed by atoms with Crippen LogP contribution >= 0.6 is 0 Å². The second-order valence-corrected chi connectivity index (χ2v) is 7.93. The molecule has 6 heteroatoms. The van der Waals surface area contributed by atoms with Gasteiger partial charge in [0.05, 0.1) is 12.0 Å². The van der Waals surface area contributed by atoms with Crippen LogP contribution in [0.3, 0.4) is 0 Å². The molecule has 1 aromatic rings. The quantitative estimate of drug-likeness (QED) is 0.836. The van der Waals surface area contributed by atoms with E-state index in [2.05, 4.69) is 12.2 Å². The third-order valence-corrected chi connectivity index (χ3v) is 5.99. The van der Waals surface area contributed by atoms with Crippen molar-refractivity contribution in [2.45, 2.75) is 51.6 Å². The van der Waals surface area contributed by atoms with E-state index >= 15 is 0 Å². The van der Waals surface area contributed by atoms with E-state index in [0.29, 0.717) is 31.6 Å². The first-order valence-corrected chi connectivity index (χ1v) is 9.38. The highest BCUT2D eigenvalue weighted by Gasteiger charge is 2.27. The molecule has 0 aromatic carbocycles. The molecule has 0 spiro atoms.